The van der Waals surface area contributed by atoms with Crippen molar-refractivity contribution in [2.24, 2.45) is 0 Å². The molecule has 0 amide bonds. The predicted molar refractivity (Wildman–Crippen MR) is 181 cm³/mol. The predicted octanol–water partition coefficient (Wildman–Crippen LogP) is 4.90. The summed E-state index contributed by atoms with van der Waals surface area (Å²) in [4.78, 5) is 0. The van der Waals surface area contributed by atoms with Crippen molar-refractivity contribution in [2.75, 3.05) is 0 Å². The van der Waals surface area contributed by atoms with Crippen molar-refractivity contribution < 1.29 is 83.7 Å². The summed E-state index contributed by atoms with van der Waals surface area (Å²) < 4.78 is 8.87. The van der Waals surface area contributed by atoms with Gasteiger partial charge in [0, 0.05) is 89.7 Å². The maximum Gasteiger partial charge on any atom is 0.333 e. The molecule has 238 valence electrons. The van der Waals surface area contributed by atoms with Crippen LogP contribution >= 0.6 is 0 Å². The standard InChI is InChI=1S/2C22H13N3.2Y/c23-13-7-8-17-16-18-9-3-5-14-24(18)22(17)20-11-2-1-10-19(20)21-12-4-6-15-25(21)22;1-2-17-14-18-7-3-5-11-24(18)22(17)20-10-9-16(15-23)13-19(20)21-8-4-6-12-25(21)22;;/h1-6,8-12,14-15H;1-13H;;. The Morgan fingerprint density at radius 2 is 1.12 bits per heavy atom. The van der Waals surface area contributed by atoms with Crippen LogP contribution in [0.4, 0.5) is 0 Å². The van der Waals surface area contributed by atoms with E-state index in [-0.39, 0.29) is 65.4 Å². The molecule has 2 spiro atoms. The third-order valence-corrected chi connectivity index (χ3v) is 9.94. The van der Waals surface area contributed by atoms with E-state index in [9.17, 15) is 5.26 Å². The van der Waals surface area contributed by atoms with Gasteiger partial charge in [0.25, 0.3) is 0 Å². The second-order valence-corrected chi connectivity index (χ2v) is 12.2. The van der Waals surface area contributed by atoms with Crippen LogP contribution in [0.25, 0.3) is 22.5 Å². The second kappa shape index (κ2) is 14.0. The van der Waals surface area contributed by atoms with E-state index in [4.69, 9.17) is 11.8 Å². The first kappa shape index (κ1) is 35.6. The minimum Gasteiger partial charge on any atom is -0.360 e. The summed E-state index contributed by atoms with van der Waals surface area (Å²) in [5.41, 5.74) is 9.92. The maximum atomic E-state index is 9.32. The quantitative estimate of drug-likeness (QED) is 0.142. The van der Waals surface area contributed by atoms with Gasteiger partial charge in [0.2, 0.25) is 11.4 Å². The Morgan fingerprint density at radius 1 is 0.596 bits per heavy atom. The average molecular weight is 817 g/mol. The van der Waals surface area contributed by atoms with Crippen molar-refractivity contribution >= 4 is 0 Å². The fraction of sp³-hybridized carbons (Fsp3) is 0.0455. The molecular formula is C44H26N6Y2. The van der Waals surface area contributed by atoms with Gasteiger partial charge >= 0.3 is 11.3 Å². The molecule has 2 atom stereocenters. The molecule has 0 N–H and O–H groups in total. The molecule has 4 aliphatic heterocycles. The molecule has 0 saturated heterocycles. The minimum atomic E-state index is -0.606. The summed E-state index contributed by atoms with van der Waals surface area (Å²) in [7, 11) is 0. The van der Waals surface area contributed by atoms with Crippen LogP contribution in [0.3, 0.4) is 0 Å². The number of aromatic nitrogens is 4. The SMILES string of the molecule is N#C[C-]=CC1=[C-]c2cccc[n+]2C12c1ccccc1-c1cccc[n+]12.[CH-]=CC1=[C-]c2cccc[n+]2C12c1ccc(C#N)cc1-c1cccc[n+]12.[Y].[Y]. The van der Waals surface area contributed by atoms with Gasteiger partial charge in [-0.15, -0.1) is 21.3 Å². The molecule has 0 bridgehead atoms. The average Bonchev–Trinajstić information content (AvgIpc) is 3.88. The van der Waals surface area contributed by atoms with Crippen molar-refractivity contribution in [3.8, 4) is 34.7 Å². The molecule has 6 nitrogen and oxygen atoms in total. The molecule has 2 radical (unpaired) electrons. The third kappa shape index (κ3) is 4.83. The summed E-state index contributed by atoms with van der Waals surface area (Å²) >= 11 is 0. The molecule has 0 saturated carbocycles. The second-order valence-electron chi connectivity index (χ2n) is 12.2. The van der Waals surface area contributed by atoms with Crippen molar-refractivity contribution in [1.29, 1.82) is 10.5 Å². The van der Waals surface area contributed by atoms with Crippen LogP contribution in [0.5, 0.6) is 0 Å². The molecule has 0 aliphatic carbocycles. The Balaban J connectivity index is 0.000000156. The van der Waals surface area contributed by atoms with Crippen LogP contribution in [0.1, 0.15) is 28.1 Å². The van der Waals surface area contributed by atoms with Gasteiger partial charge in [-0.05, 0) is 60.7 Å². The first-order valence-corrected chi connectivity index (χ1v) is 16.2. The van der Waals surface area contributed by atoms with Gasteiger partial charge in [-0.25, -0.2) is 11.3 Å². The number of hydrogen-bond acceptors (Lipinski definition) is 2. The fourth-order valence-electron chi connectivity index (χ4n) is 8.09. The van der Waals surface area contributed by atoms with E-state index < -0.39 is 11.3 Å². The molecule has 8 heteroatoms. The Hall–Kier alpha value is -4.81. The Labute approximate surface area is 353 Å². The van der Waals surface area contributed by atoms with Crippen LogP contribution in [0.15, 0.2) is 163 Å². The van der Waals surface area contributed by atoms with Gasteiger partial charge in [-0.3, -0.25) is 0 Å². The van der Waals surface area contributed by atoms with Gasteiger partial charge in [-0.1, -0.05) is 24.3 Å². The van der Waals surface area contributed by atoms with E-state index in [1.54, 1.807) is 12.2 Å². The number of hydrogen-bond donors (Lipinski definition) is 0. The molecule has 4 aromatic heterocycles. The molecule has 4 aliphatic rings. The molecule has 0 fully saturated rings. The largest absolute Gasteiger partial charge is 0.360 e. The number of allylic oxidation sites excluding steroid dienone is 5. The monoisotopic (exact) mass is 816 g/mol. The molecule has 10 rings (SSSR count). The van der Waals surface area contributed by atoms with Crippen LogP contribution in [0.2, 0.25) is 0 Å². The van der Waals surface area contributed by atoms with E-state index in [2.05, 4.69) is 110 Å². The zero-order valence-corrected chi connectivity index (χ0v) is 33.5. The van der Waals surface area contributed by atoms with Crippen LogP contribution in [-0.4, -0.2) is 0 Å². The van der Waals surface area contributed by atoms with Crippen molar-refractivity contribution in [2.45, 2.75) is 11.3 Å². The zero-order valence-electron chi connectivity index (χ0n) is 27.8. The number of benzene rings is 2. The number of rotatable bonds is 2. The Bertz CT molecular complexity index is 2580. The number of nitrogens with zero attached hydrogens (tertiary/aromatic N) is 6. The summed E-state index contributed by atoms with van der Waals surface area (Å²) in [5.74, 6) is 0. The molecule has 2 aromatic carbocycles. The van der Waals surface area contributed by atoms with E-state index in [1.807, 2.05) is 78.9 Å². The van der Waals surface area contributed by atoms with Crippen molar-refractivity contribution in [3.05, 3.63) is 216 Å². The summed E-state index contributed by atoms with van der Waals surface area (Å²) in [6.07, 6.45) is 21.3. The van der Waals surface area contributed by atoms with Gasteiger partial charge in [0.15, 0.2) is 24.8 Å². The molecule has 2 unspecified atom stereocenters. The third-order valence-electron chi connectivity index (χ3n) is 9.94. The summed E-state index contributed by atoms with van der Waals surface area (Å²) in [6, 6.07) is 42.9. The maximum absolute atomic E-state index is 9.32. The minimum absolute atomic E-state index is 0. The van der Waals surface area contributed by atoms with Crippen LogP contribution < -0.4 is 18.3 Å². The molecule has 52 heavy (non-hydrogen) atoms. The van der Waals surface area contributed by atoms with Gasteiger partial charge < -0.3 is 18.7 Å². The van der Waals surface area contributed by atoms with E-state index in [0.29, 0.717) is 5.56 Å². The topological polar surface area (TPSA) is 63.1 Å². The van der Waals surface area contributed by atoms with Crippen LogP contribution in [0, 0.1) is 47.5 Å². The first-order chi connectivity index (χ1) is 24.7. The van der Waals surface area contributed by atoms with Crippen molar-refractivity contribution in [3.63, 3.8) is 0 Å². The fourth-order valence-corrected chi connectivity index (χ4v) is 8.09. The molecule has 6 aromatic rings. The van der Waals surface area contributed by atoms with Crippen molar-refractivity contribution in [1.82, 2.24) is 0 Å². The van der Waals surface area contributed by atoms with E-state index >= 15 is 0 Å². The van der Waals surface area contributed by atoms with Crippen LogP contribution in [-0.2, 0) is 76.7 Å². The zero-order chi connectivity index (χ0) is 33.9. The number of nitriles is 2. The number of pyridine rings is 4. The molecule has 8 heterocycles. The summed E-state index contributed by atoms with van der Waals surface area (Å²) in [6.45, 7) is 6.03. The molecular weight excluding hydrogens is 790 g/mol. The van der Waals surface area contributed by atoms with Gasteiger partial charge in [0.1, 0.15) is 0 Å². The Morgan fingerprint density at radius 3 is 1.73 bits per heavy atom. The normalized spacial score (nSPS) is 18.4. The van der Waals surface area contributed by atoms with Gasteiger partial charge in [0.05, 0.1) is 45.3 Å². The van der Waals surface area contributed by atoms with E-state index in [1.165, 1.54) is 11.1 Å². The Kier molecular flexibility index (Phi) is 9.55. The number of fused-ring (bicyclic) bond motifs is 14. The smallest absolute Gasteiger partial charge is 0.333 e. The van der Waals surface area contributed by atoms with Gasteiger partial charge in [-0.2, -0.15) is 37.7 Å². The van der Waals surface area contributed by atoms with E-state index in [0.717, 1.165) is 45.0 Å². The summed E-state index contributed by atoms with van der Waals surface area (Å²) in [5, 5.41) is 18.3. The first-order valence-electron chi connectivity index (χ1n) is 16.2.